The number of carbonyl (C=O) groups is 1. The summed E-state index contributed by atoms with van der Waals surface area (Å²) in [5.41, 5.74) is 0.526. The van der Waals surface area contributed by atoms with E-state index in [4.69, 9.17) is 27.9 Å². The summed E-state index contributed by atoms with van der Waals surface area (Å²) < 4.78 is 20.5. The van der Waals surface area contributed by atoms with Gasteiger partial charge in [0.1, 0.15) is 18.2 Å². The molecule has 0 aliphatic rings. The molecular weight excluding hydrogens is 438 g/mol. The molecule has 0 spiro atoms. The number of nitrogens with zero attached hydrogens (tertiary/aromatic N) is 3. The molecule has 3 aromatic rings. The second-order valence-electron chi connectivity index (χ2n) is 5.88. The summed E-state index contributed by atoms with van der Waals surface area (Å²) in [4.78, 5) is 12.2. The van der Waals surface area contributed by atoms with Crippen LogP contribution in [-0.4, -0.2) is 26.4 Å². The number of aromatic nitrogens is 3. The average molecular weight is 455 g/mol. The van der Waals surface area contributed by atoms with Crippen LogP contribution in [0.2, 0.25) is 10.0 Å². The maximum absolute atomic E-state index is 13.0. The largest absolute Gasteiger partial charge is 0.486 e. The molecule has 0 aliphatic heterocycles. The van der Waals surface area contributed by atoms with Crippen LogP contribution < -0.4 is 10.1 Å². The molecule has 10 heteroatoms. The minimum Gasteiger partial charge on any atom is -0.486 e. The zero-order valence-electron chi connectivity index (χ0n) is 15.4. The van der Waals surface area contributed by atoms with E-state index in [-0.39, 0.29) is 24.1 Å². The molecule has 0 fully saturated rings. The lowest BCUT2D eigenvalue weighted by Crippen LogP contribution is -2.15. The lowest BCUT2D eigenvalue weighted by Gasteiger charge is -2.09. The molecule has 3 rings (SSSR count). The highest BCUT2D eigenvalue weighted by Crippen LogP contribution is 2.23. The fraction of sp³-hybridized carbons (Fsp3) is 0.211. The van der Waals surface area contributed by atoms with Crippen molar-refractivity contribution < 1.29 is 13.9 Å². The van der Waals surface area contributed by atoms with Crippen molar-refractivity contribution in [2.24, 2.45) is 0 Å². The summed E-state index contributed by atoms with van der Waals surface area (Å²) in [5.74, 6) is 0.738. The van der Waals surface area contributed by atoms with Gasteiger partial charge >= 0.3 is 0 Å². The summed E-state index contributed by atoms with van der Waals surface area (Å²) in [6.07, 6.45) is 0. The van der Waals surface area contributed by atoms with Gasteiger partial charge in [-0.25, -0.2) is 4.39 Å². The van der Waals surface area contributed by atoms with E-state index in [0.717, 1.165) is 0 Å². The van der Waals surface area contributed by atoms with Gasteiger partial charge < -0.3 is 14.6 Å². The lowest BCUT2D eigenvalue weighted by molar-refractivity contribution is -0.113. The Morgan fingerprint density at radius 2 is 1.86 bits per heavy atom. The number of halogens is 3. The zero-order chi connectivity index (χ0) is 20.8. The molecular formula is C19H17Cl2FN4O2S. The van der Waals surface area contributed by atoms with Crippen molar-refractivity contribution in [2.75, 3.05) is 11.1 Å². The third-order valence-corrected chi connectivity index (χ3v) is 5.17. The maximum atomic E-state index is 13.0. The summed E-state index contributed by atoms with van der Waals surface area (Å²) in [7, 11) is 0. The van der Waals surface area contributed by atoms with E-state index < -0.39 is 0 Å². The molecule has 0 saturated carbocycles. The van der Waals surface area contributed by atoms with Gasteiger partial charge in [0.15, 0.2) is 11.0 Å². The normalized spacial score (nSPS) is 10.8. The second kappa shape index (κ2) is 9.96. The van der Waals surface area contributed by atoms with Crippen LogP contribution in [0.25, 0.3) is 0 Å². The number of rotatable bonds is 8. The van der Waals surface area contributed by atoms with Crippen LogP contribution in [0.15, 0.2) is 47.6 Å². The molecule has 2 aromatic carbocycles. The van der Waals surface area contributed by atoms with Crippen LogP contribution in [0.4, 0.5) is 10.1 Å². The van der Waals surface area contributed by atoms with Gasteiger partial charge in [0.25, 0.3) is 0 Å². The quantitative estimate of drug-likeness (QED) is 0.482. The van der Waals surface area contributed by atoms with E-state index in [1.165, 1.54) is 23.9 Å². The number of hydrogen-bond donors (Lipinski definition) is 1. The Morgan fingerprint density at radius 1 is 1.17 bits per heavy atom. The number of carbonyl (C=O) groups excluding carboxylic acids is 1. The van der Waals surface area contributed by atoms with Crippen molar-refractivity contribution in [3.63, 3.8) is 0 Å². The number of thioether (sulfide) groups is 1. The zero-order valence-corrected chi connectivity index (χ0v) is 17.7. The minimum absolute atomic E-state index is 0.140. The van der Waals surface area contributed by atoms with Crippen molar-refractivity contribution in [1.29, 1.82) is 0 Å². The van der Waals surface area contributed by atoms with Crippen LogP contribution >= 0.6 is 35.0 Å². The predicted octanol–water partition coefficient (Wildman–Crippen LogP) is 5.05. The third kappa shape index (κ3) is 6.09. The number of anilines is 1. The van der Waals surface area contributed by atoms with Crippen molar-refractivity contribution in [2.45, 2.75) is 25.2 Å². The minimum atomic E-state index is -0.328. The fourth-order valence-corrected chi connectivity index (χ4v) is 3.83. The van der Waals surface area contributed by atoms with E-state index in [1.54, 1.807) is 30.3 Å². The smallest absolute Gasteiger partial charge is 0.234 e. The first kappa shape index (κ1) is 21.4. The first-order chi connectivity index (χ1) is 13.9. The Hall–Kier alpha value is -2.29. The molecule has 1 amide bonds. The summed E-state index contributed by atoms with van der Waals surface area (Å²) in [6, 6.07) is 10.6. The van der Waals surface area contributed by atoms with Gasteiger partial charge in [0, 0.05) is 22.3 Å². The van der Waals surface area contributed by atoms with Crippen molar-refractivity contribution in [3.8, 4) is 5.75 Å². The number of benzene rings is 2. The number of ether oxygens (including phenoxy) is 1. The first-order valence-corrected chi connectivity index (χ1v) is 10.4. The van der Waals surface area contributed by atoms with E-state index in [1.807, 2.05) is 11.5 Å². The standard InChI is InChI=1S/C19H17Cl2FN4O2S/c1-2-26-17(10-28-16-5-3-14(22)4-6-16)24-25-19(26)29-11-18(27)23-15-8-12(20)7-13(21)9-15/h3-9H,2,10-11H2,1H3,(H,23,27). The van der Waals surface area contributed by atoms with Crippen molar-refractivity contribution in [3.05, 3.63) is 64.2 Å². The molecule has 0 unspecified atom stereocenters. The first-order valence-electron chi connectivity index (χ1n) is 8.63. The van der Waals surface area contributed by atoms with Gasteiger partial charge in [-0.15, -0.1) is 10.2 Å². The predicted molar refractivity (Wildman–Crippen MR) is 112 cm³/mol. The molecule has 152 valence electrons. The van der Waals surface area contributed by atoms with Gasteiger partial charge in [-0.1, -0.05) is 35.0 Å². The summed E-state index contributed by atoms with van der Waals surface area (Å²) >= 11 is 13.1. The lowest BCUT2D eigenvalue weighted by atomic mass is 10.3. The van der Waals surface area contributed by atoms with Gasteiger partial charge in [0.05, 0.1) is 5.75 Å². The molecule has 6 nitrogen and oxygen atoms in total. The molecule has 1 heterocycles. The highest BCUT2D eigenvalue weighted by Gasteiger charge is 2.14. The molecule has 0 radical (unpaired) electrons. The Balaban J connectivity index is 1.58. The Morgan fingerprint density at radius 3 is 2.52 bits per heavy atom. The van der Waals surface area contributed by atoms with Crippen LogP contribution in [0.5, 0.6) is 5.75 Å². The van der Waals surface area contributed by atoms with Gasteiger partial charge in [-0.3, -0.25) is 4.79 Å². The summed E-state index contributed by atoms with van der Waals surface area (Å²) in [5, 5.41) is 12.5. The number of hydrogen-bond acceptors (Lipinski definition) is 5. The van der Waals surface area contributed by atoms with Crippen molar-refractivity contribution >= 4 is 46.6 Å². The molecule has 0 saturated heterocycles. The van der Waals surface area contributed by atoms with Crippen LogP contribution in [0.1, 0.15) is 12.7 Å². The second-order valence-corrected chi connectivity index (χ2v) is 7.70. The van der Waals surface area contributed by atoms with Crippen LogP contribution in [0.3, 0.4) is 0 Å². The maximum Gasteiger partial charge on any atom is 0.234 e. The monoisotopic (exact) mass is 454 g/mol. The van der Waals surface area contributed by atoms with E-state index in [9.17, 15) is 9.18 Å². The molecule has 1 aromatic heterocycles. The molecule has 1 N–H and O–H groups in total. The van der Waals surface area contributed by atoms with Gasteiger partial charge in [-0.2, -0.15) is 0 Å². The molecule has 29 heavy (non-hydrogen) atoms. The topological polar surface area (TPSA) is 69.0 Å². The number of amides is 1. The summed E-state index contributed by atoms with van der Waals surface area (Å²) in [6.45, 7) is 2.74. The van der Waals surface area contributed by atoms with Gasteiger partial charge in [0.2, 0.25) is 5.91 Å². The Kier molecular flexibility index (Phi) is 7.35. The Labute approximate surface area is 181 Å². The molecule has 0 bridgehead atoms. The van der Waals surface area contributed by atoms with E-state index in [0.29, 0.717) is 39.0 Å². The van der Waals surface area contributed by atoms with Crippen LogP contribution in [-0.2, 0) is 17.9 Å². The van der Waals surface area contributed by atoms with E-state index >= 15 is 0 Å². The van der Waals surface area contributed by atoms with E-state index in [2.05, 4.69) is 15.5 Å². The SMILES string of the molecule is CCn1c(COc2ccc(F)cc2)nnc1SCC(=O)Nc1cc(Cl)cc(Cl)c1. The highest BCUT2D eigenvalue weighted by atomic mass is 35.5. The highest BCUT2D eigenvalue weighted by molar-refractivity contribution is 7.99. The third-order valence-electron chi connectivity index (χ3n) is 3.77. The Bertz CT molecular complexity index is 978. The molecule has 0 atom stereocenters. The van der Waals surface area contributed by atoms with Gasteiger partial charge in [-0.05, 0) is 49.4 Å². The van der Waals surface area contributed by atoms with Crippen LogP contribution in [0, 0.1) is 5.82 Å². The molecule has 0 aliphatic carbocycles. The average Bonchev–Trinajstić information content (AvgIpc) is 3.07. The van der Waals surface area contributed by atoms with Crippen molar-refractivity contribution in [1.82, 2.24) is 14.8 Å². The fourth-order valence-electron chi connectivity index (χ4n) is 2.48. The number of nitrogens with one attached hydrogen (secondary N) is 1.